The Morgan fingerprint density at radius 3 is 2.37 bits per heavy atom. The monoisotopic (exact) mass is 283 g/mol. The molecule has 0 amide bonds. The molecule has 2 rings (SSSR count). The van der Waals surface area contributed by atoms with Crippen LogP contribution in [0.1, 0.15) is 32.6 Å². The van der Waals surface area contributed by atoms with E-state index < -0.39 is 0 Å². The zero-order valence-electron chi connectivity index (χ0n) is 11.8. The van der Waals surface area contributed by atoms with Crippen molar-refractivity contribution in [1.29, 1.82) is 0 Å². The van der Waals surface area contributed by atoms with Crippen molar-refractivity contribution < 1.29 is 9.47 Å². The molecule has 4 heteroatoms. The third-order valence-corrected chi connectivity index (χ3v) is 4.26. The highest BCUT2D eigenvalue weighted by atomic mass is 35.5. The molecule has 1 saturated carbocycles. The lowest BCUT2D eigenvalue weighted by Crippen LogP contribution is -2.24. The molecular formula is C15H22ClNO2. The van der Waals surface area contributed by atoms with E-state index in [1.165, 1.54) is 25.7 Å². The molecule has 1 aliphatic rings. The summed E-state index contributed by atoms with van der Waals surface area (Å²) in [6, 6.07) is 4.14. The third-order valence-electron chi connectivity index (χ3n) is 3.96. The topological polar surface area (TPSA) is 30.5 Å². The summed E-state index contributed by atoms with van der Waals surface area (Å²) in [6.07, 6.45) is 5.30. The van der Waals surface area contributed by atoms with E-state index >= 15 is 0 Å². The van der Waals surface area contributed by atoms with Crippen LogP contribution < -0.4 is 14.8 Å². The molecule has 0 radical (unpaired) electrons. The Labute approximate surface area is 120 Å². The molecule has 0 bridgehead atoms. The summed E-state index contributed by atoms with van der Waals surface area (Å²) in [5.41, 5.74) is 0.947. The summed E-state index contributed by atoms with van der Waals surface area (Å²) >= 11 is 6.11. The summed E-state index contributed by atoms with van der Waals surface area (Å²) in [4.78, 5) is 0. The first-order valence-electron chi connectivity index (χ1n) is 6.83. The van der Waals surface area contributed by atoms with Gasteiger partial charge < -0.3 is 14.8 Å². The minimum atomic E-state index is 0.433. The van der Waals surface area contributed by atoms with Crippen LogP contribution in [0.3, 0.4) is 0 Å². The molecule has 0 aliphatic heterocycles. The molecule has 19 heavy (non-hydrogen) atoms. The maximum absolute atomic E-state index is 6.11. The van der Waals surface area contributed by atoms with E-state index in [0.717, 1.165) is 17.4 Å². The van der Waals surface area contributed by atoms with E-state index in [1.54, 1.807) is 20.3 Å². The van der Waals surface area contributed by atoms with E-state index in [2.05, 4.69) is 12.2 Å². The fourth-order valence-corrected chi connectivity index (χ4v) is 3.02. The van der Waals surface area contributed by atoms with Crippen LogP contribution in [0.15, 0.2) is 12.1 Å². The number of hydrogen-bond donors (Lipinski definition) is 1. The Morgan fingerprint density at radius 2 is 1.79 bits per heavy atom. The van der Waals surface area contributed by atoms with Gasteiger partial charge in [0.05, 0.1) is 24.9 Å². The molecule has 0 saturated heterocycles. The fourth-order valence-electron chi connectivity index (χ4n) is 2.79. The Bertz CT molecular complexity index is 430. The maximum Gasteiger partial charge on any atom is 0.143 e. The van der Waals surface area contributed by atoms with Crippen molar-refractivity contribution in [2.45, 2.75) is 38.6 Å². The summed E-state index contributed by atoms with van der Waals surface area (Å²) in [5.74, 6) is 2.17. The Balaban J connectivity index is 2.17. The van der Waals surface area contributed by atoms with Gasteiger partial charge in [0.1, 0.15) is 11.5 Å². The molecule has 1 aromatic rings. The number of methoxy groups -OCH3 is 2. The molecule has 0 spiro atoms. The van der Waals surface area contributed by atoms with Crippen LogP contribution in [0, 0.1) is 5.92 Å². The number of ether oxygens (including phenoxy) is 2. The number of anilines is 1. The van der Waals surface area contributed by atoms with Crippen LogP contribution in [0.25, 0.3) is 0 Å². The molecule has 1 unspecified atom stereocenters. The number of hydrogen-bond acceptors (Lipinski definition) is 3. The fraction of sp³-hybridized carbons (Fsp3) is 0.600. The van der Waals surface area contributed by atoms with Crippen molar-refractivity contribution in [3.63, 3.8) is 0 Å². The van der Waals surface area contributed by atoms with E-state index in [4.69, 9.17) is 21.1 Å². The van der Waals surface area contributed by atoms with E-state index in [-0.39, 0.29) is 0 Å². The summed E-state index contributed by atoms with van der Waals surface area (Å²) < 4.78 is 10.7. The molecule has 106 valence electrons. The lowest BCUT2D eigenvalue weighted by atomic mass is 9.99. The summed E-state index contributed by atoms with van der Waals surface area (Å²) in [6.45, 7) is 2.23. The first kappa shape index (κ1) is 14.3. The molecule has 0 heterocycles. The number of rotatable bonds is 5. The first-order chi connectivity index (χ1) is 9.15. The van der Waals surface area contributed by atoms with Crippen LogP contribution in [0.2, 0.25) is 5.02 Å². The number of halogens is 1. The van der Waals surface area contributed by atoms with Crippen LogP contribution in [0.5, 0.6) is 11.5 Å². The average Bonchev–Trinajstić information content (AvgIpc) is 2.94. The Kier molecular flexibility index (Phi) is 4.81. The second-order valence-corrected chi connectivity index (χ2v) is 5.57. The van der Waals surface area contributed by atoms with E-state index in [9.17, 15) is 0 Å². The van der Waals surface area contributed by atoms with Gasteiger partial charge in [-0.2, -0.15) is 0 Å². The molecule has 1 aliphatic carbocycles. The zero-order chi connectivity index (χ0) is 13.8. The predicted molar refractivity (Wildman–Crippen MR) is 79.6 cm³/mol. The van der Waals surface area contributed by atoms with Crippen LogP contribution in [-0.2, 0) is 0 Å². The Hall–Kier alpha value is -1.09. The largest absolute Gasteiger partial charge is 0.495 e. The molecule has 1 fully saturated rings. The minimum absolute atomic E-state index is 0.433. The minimum Gasteiger partial charge on any atom is -0.495 e. The molecule has 0 aromatic heterocycles. The van der Waals surface area contributed by atoms with Crippen LogP contribution >= 0.6 is 11.6 Å². The average molecular weight is 284 g/mol. The highest BCUT2D eigenvalue weighted by Gasteiger charge is 2.22. The van der Waals surface area contributed by atoms with Crippen molar-refractivity contribution >= 4 is 17.3 Å². The summed E-state index contributed by atoms with van der Waals surface area (Å²) in [7, 11) is 3.28. The predicted octanol–water partition coefficient (Wildman–Crippen LogP) is 4.35. The smallest absolute Gasteiger partial charge is 0.143 e. The van der Waals surface area contributed by atoms with Gasteiger partial charge in [0, 0.05) is 18.2 Å². The van der Waals surface area contributed by atoms with Crippen LogP contribution in [-0.4, -0.2) is 20.3 Å². The van der Waals surface area contributed by atoms with Crippen LogP contribution in [0.4, 0.5) is 5.69 Å². The van der Waals surface area contributed by atoms with Gasteiger partial charge in [-0.3, -0.25) is 0 Å². The molecule has 1 aromatic carbocycles. The highest BCUT2D eigenvalue weighted by molar-refractivity contribution is 6.32. The van der Waals surface area contributed by atoms with Gasteiger partial charge in [-0.25, -0.2) is 0 Å². The van der Waals surface area contributed by atoms with Crippen molar-refractivity contribution in [2.75, 3.05) is 19.5 Å². The van der Waals surface area contributed by atoms with Gasteiger partial charge >= 0.3 is 0 Å². The SMILES string of the molecule is COc1cc(NC(C)C2CCCC2)c(OC)cc1Cl. The number of nitrogens with one attached hydrogen (secondary N) is 1. The number of benzene rings is 1. The van der Waals surface area contributed by atoms with Crippen molar-refractivity contribution in [3.05, 3.63) is 17.2 Å². The molecule has 1 N–H and O–H groups in total. The lowest BCUT2D eigenvalue weighted by molar-refractivity contribution is 0.403. The second kappa shape index (κ2) is 6.38. The van der Waals surface area contributed by atoms with Gasteiger partial charge in [0.15, 0.2) is 0 Å². The van der Waals surface area contributed by atoms with Gasteiger partial charge in [0.2, 0.25) is 0 Å². The van der Waals surface area contributed by atoms with Gasteiger partial charge in [-0.1, -0.05) is 24.4 Å². The van der Waals surface area contributed by atoms with Crippen molar-refractivity contribution in [3.8, 4) is 11.5 Å². The third kappa shape index (κ3) is 3.27. The van der Waals surface area contributed by atoms with Gasteiger partial charge in [-0.05, 0) is 25.7 Å². The van der Waals surface area contributed by atoms with Gasteiger partial charge in [-0.15, -0.1) is 0 Å². The highest BCUT2D eigenvalue weighted by Crippen LogP contribution is 2.37. The normalized spacial score (nSPS) is 17.3. The molecular weight excluding hydrogens is 262 g/mol. The quantitative estimate of drug-likeness (QED) is 0.871. The zero-order valence-corrected chi connectivity index (χ0v) is 12.6. The molecule has 3 nitrogen and oxygen atoms in total. The molecule has 1 atom stereocenters. The Morgan fingerprint density at radius 1 is 1.16 bits per heavy atom. The van der Waals surface area contributed by atoms with E-state index in [1.807, 2.05) is 6.07 Å². The lowest BCUT2D eigenvalue weighted by Gasteiger charge is -2.23. The second-order valence-electron chi connectivity index (χ2n) is 5.16. The standard InChI is InChI=1S/C15H22ClNO2/c1-10(11-6-4-5-7-11)17-13-9-14(18-2)12(16)8-15(13)19-3/h8-11,17H,4-7H2,1-3H3. The first-order valence-corrected chi connectivity index (χ1v) is 7.21. The van der Waals surface area contributed by atoms with Crippen molar-refractivity contribution in [2.24, 2.45) is 5.92 Å². The van der Waals surface area contributed by atoms with Gasteiger partial charge in [0.25, 0.3) is 0 Å². The van der Waals surface area contributed by atoms with Crippen molar-refractivity contribution in [1.82, 2.24) is 0 Å². The summed E-state index contributed by atoms with van der Waals surface area (Å²) in [5, 5.41) is 4.11. The maximum atomic E-state index is 6.11. The van der Waals surface area contributed by atoms with E-state index in [0.29, 0.717) is 16.8 Å².